The van der Waals surface area contributed by atoms with E-state index in [9.17, 15) is 0 Å². The van der Waals surface area contributed by atoms with Gasteiger partial charge in [0.2, 0.25) is 0 Å². The van der Waals surface area contributed by atoms with E-state index in [0.717, 1.165) is 5.56 Å². The molecule has 0 spiro atoms. The first-order valence-corrected chi connectivity index (χ1v) is 7.00. The minimum absolute atomic E-state index is 0. The molecule has 0 bridgehead atoms. The molecule has 0 atom stereocenters. The van der Waals surface area contributed by atoms with Gasteiger partial charge in [-0.1, -0.05) is 12.1 Å². The Morgan fingerprint density at radius 2 is 1.70 bits per heavy atom. The fourth-order valence-electron chi connectivity index (χ4n) is 1.21. The summed E-state index contributed by atoms with van der Waals surface area (Å²) >= 11 is 8.13. The Labute approximate surface area is 156 Å². The van der Waals surface area contributed by atoms with Gasteiger partial charge in [-0.3, -0.25) is 10.6 Å². The molecule has 23 heavy (non-hydrogen) atoms. The van der Waals surface area contributed by atoms with Crippen molar-refractivity contribution >= 4 is 46.6 Å². The van der Waals surface area contributed by atoms with Gasteiger partial charge in [0, 0.05) is 23.3 Å². The molecule has 0 heterocycles. The van der Waals surface area contributed by atoms with Crippen molar-refractivity contribution in [3.05, 3.63) is 46.2 Å². The molecule has 125 valence electrons. The van der Waals surface area contributed by atoms with E-state index in [2.05, 4.69) is 62.2 Å². The number of hydrogen-bond donors (Lipinski definition) is 2. The molecule has 7 nitrogen and oxygen atoms in total. The summed E-state index contributed by atoms with van der Waals surface area (Å²) in [5.41, 5.74) is 9.47. The minimum atomic E-state index is 0. The molecular weight excluding hydrogens is 382 g/mol. The summed E-state index contributed by atoms with van der Waals surface area (Å²) in [5.74, 6) is 0. The molecule has 0 aromatic heterocycles. The van der Waals surface area contributed by atoms with Crippen LogP contribution < -0.4 is 10.6 Å². The van der Waals surface area contributed by atoms with E-state index >= 15 is 0 Å². The topological polar surface area (TPSA) is 101 Å². The molecule has 0 aliphatic heterocycles. The van der Waals surface area contributed by atoms with E-state index in [-0.39, 0.29) is 17.1 Å². The molecule has 0 amide bonds. The fraction of sp³-hybridized carbons (Fsp3) is 0.154. The quantitative estimate of drug-likeness (QED) is 0.189. The molecule has 1 rings (SSSR count). The smallest absolute Gasteiger partial charge is 0.186 e. The molecule has 1 aromatic rings. The van der Waals surface area contributed by atoms with Crippen molar-refractivity contribution in [3.63, 3.8) is 0 Å². The van der Waals surface area contributed by atoms with Crippen LogP contribution in [0.15, 0.2) is 34.5 Å². The van der Waals surface area contributed by atoms with Gasteiger partial charge >= 0.3 is 0 Å². The summed E-state index contributed by atoms with van der Waals surface area (Å²) in [7, 11) is 3.36. The second-order valence-electron chi connectivity index (χ2n) is 3.77. The maximum absolute atomic E-state index is 8.82. The molecule has 10 heteroatoms. The SMILES string of the molecule is CNC(=[SH+])[N-]N=CC(=N[N-]C(=[SH+])NC)c1ccc(C#N)cc1.[Cu]. The largest absolute Gasteiger partial charge is 0.515 e. The van der Waals surface area contributed by atoms with Crippen molar-refractivity contribution in [2.24, 2.45) is 10.2 Å². The van der Waals surface area contributed by atoms with Gasteiger partial charge in [0.25, 0.3) is 0 Å². The van der Waals surface area contributed by atoms with Gasteiger partial charge in [-0.25, -0.2) is 0 Å². The maximum atomic E-state index is 8.82. The number of nitriles is 1. The van der Waals surface area contributed by atoms with Crippen LogP contribution in [0.1, 0.15) is 11.1 Å². The third-order valence-corrected chi connectivity index (χ3v) is 2.97. The summed E-state index contributed by atoms with van der Waals surface area (Å²) in [6.07, 6.45) is 1.44. The van der Waals surface area contributed by atoms with Crippen LogP contribution >= 0.6 is 0 Å². The normalized spacial score (nSPS) is 10.6. The Hall–Kier alpha value is -1.73. The molecule has 0 aliphatic rings. The van der Waals surface area contributed by atoms with E-state index in [4.69, 9.17) is 5.26 Å². The zero-order valence-electron chi connectivity index (χ0n) is 12.3. The minimum Gasteiger partial charge on any atom is -0.515 e. The number of thiol groups is 2. The van der Waals surface area contributed by atoms with Gasteiger partial charge in [0.1, 0.15) is 0 Å². The third kappa shape index (κ3) is 7.90. The number of rotatable bonds is 4. The first-order chi connectivity index (χ1) is 10.6. The van der Waals surface area contributed by atoms with Crippen LogP contribution in [0.5, 0.6) is 0 Å². The number of benzene rings is 1. The van der Waals surface area contributed by atoms with Crippen molar-refractivity contribution in [1.29, 1.82) is 5.26 Å². The van der Waals surface area contributed by atoms with Gasteiger partial charge in [0.05, 0.1) is 17.3 Å². The van der Waals surface area contributed by atoms with E-state index in [0.29, 0.717) is 21.5 Å². The van der Waals surface area contributed by atoms with Gasteiger partial charge in [-0.05, 0) is 31.8 Å². The average Bonchev–Trinajstić information content (AvgIpc) is 2.57. The van der Waals surface area contributed by atoms with E-state index in [1.807, 2.05) is 0 Å². The van der Waals surface area contributed by atoms with Gasteiger partial charge in [-0.2, -0.15) is 5.26 Å². The van der Waals surface area contributed by atoms with Crippen LogP contribution in [-0.4, -0.2) is 36.2 Å². The van der Waals surface area contributed by atoms with Crippen LogP contribution in [0.2, 0.25) is 0 Å². The molecule has 0 unspecified atom stereocenters. The average molecular weight is 397 g/mol. The van der Waals surface area contributed by atoms with Crippen molar-refractivity contribution in [3.8, 4) is 6.07 Å². The van der Waals surface area contributed by atoms with Crippen molar-refractivity contribution < 1.29 is 17.1 Å². The number of hydrogen-bond acceptors (Lipinski definition) is 3. The first-order valence-electron chi connectivity index (χ1n) is 6.11. The molecule has 0 saturated heterocycles. The Kier molecular flexibility index (Phi) is 10.9. The van der Waals surface area contributed by atoms with Crippen LogP contribution in [0.3, 0.4) is 0 Å². The van der Waals surface area contributed by atoms with Crippen molar-refractivity contribution in [2.75, 3.05) is 14.1 Å². The molecule has 1 aromatic carbocycles. The number of nitrogens with one attached hydrogen (secondary N) is 2. The van der Waals surface area contributed by atoms with Crippen LogP contribution in [-0.2, 0) is 41.5 Å². The zero-order valence-corrected chi connectivity index (χ0v) is 15.0. The summed E-state index contributed by atoms with van der Waals surface area (Å²) in [6, 6.07) is 8.92. The summed E-state index contributed by atoms with van der Waals surface area (Å²) in [5, 5.41) is 23.0. The van der Waals surface area contributed by atoms with Crippen LogP contribution in [0, 0.1) is 11.3 Å². The second kappa shape index (κ2) is 11.8. The standard InChI is InChI=1S/C13H15N7S2.Cu/c1-15-12(21)19-17-8-11(18-20-13(22)16-2)10-5-3-9(7-14)4-6-10;/h3-6,8H,1-2H3,(H4,15,16,17,18,19,20,21,22);. The van der Waals surface area contributed by atoms with E-state index < -0.39 is 0 Å². The Balaban J connectivity index is 0.00000484. The second-order valence-corrected chi connectivity index (χ2v) is 4.61. The molecule has 0 fully saturated rings. The van der Waals surface area contributed by atoms with Crippen molar-refractivity contribution in [2.45, 2.75) is 0 Å². The molecular formula is C13H15CuN7S2. The van der Waals surface area contributed by atoms with E-state index in [1.165, 1.54) is 6.21 Å². The number of nitrogens with zero attached hydrogens (tertiary/aromatic N) is 5. The third-order valence-electron chi connectivity index (χ3n) is 2.34. The van der Waals surface area contributed by atoms with Crippen molar-refractivity contribution in [1.82, 2.24) is 10.6 Å². The molecule has 1 radical (unpaired) electrons. The fourth-order valence-corrected chi connectivity index (χ4v) is 1.31. The zero-order chi connectivity index (χ0) is 16.4. The van der Waals surface area contributed by atoms with Gasteiger partial charge in [0.15, 0.2) is 34.7 Å². The maximum Gasteiger partial charge on any atom is 0.186 e. The monoisotopic (exact) mass is 396 g/mol. The Bertz CT molecular complexity index is 635. The van der Waals surface area contributed by atoms with Crippen LogP contribution in [0.25, 0.3) is 10.9 Å². The predicted molar refractivity (Wildman–Crippen MR) is 98.6 cm³/mol. The van der Waals surface area contributed by atoms with Gasteiger partial charge in [-0.15, -0.1) is 0 Å². The Morgan fingerprint density at radius 3 is 2.22 bits per heavy atom. The first kappa shape index (κ1) is 21.3. The molecule has 0 aliphatic carbocycles. The summed E-state index contributed by atoms with van der Waals surface area (Å²) in [4.78, 5) is 0. The van der Waals surface area contributed by atoms with Crippen LogP contribution in [0.4, 0.5) is 0 Å². The molecule has 0 saturated carbocycles. The summed E-state index contributed by atoms with van der Waals surface area (Å²) < 4.78 is 0. The predicted octanol–water partition coefficient (Wildman–Crippen LogP) is 0.165. The summed E-state index contributed by atoms with van der Waals surface area (Å²) in [6.45, 7) is 0. The van der Waals surface area contributed by atoms with Gasteiger partial charge < -0.3 is 21.1 Å². The Morgan fingerprint density at radius 1 is 1.13 bits per heavy atom. The van der Waals surface area contributed by atoms with E-state index in [1.54, 1.807) is 38.4 Å². The molecule has 2 N–H and O–H groups in total.